The predicted molar refractivity (Wildman–Crippen MR) is 104 cm³/mol. The molecule has 0 bridgehead atoms. The molecule has 0 radical (unpaired) electrons. The van der Waals surface area contributed by atoms with Crippen molar-refractivity contribution in [3.8, 4) is 0 Å². The molecule has 1 atom stereocenters. The lowest BCUT2D eigenvalue weighted by molar-refractivity contribution is 0.198. The van der Waals surface area contributed by atoms with Gasteiger partial charge in [0.15, 0.2) is 5.82 Å². The number of likely N-dealkylation sites (tertiary alicyclic amines) is 1. The number of aromatic nitrogens is 5. The van der Waals surface area contributed by atoms with E-state index in [0.29, 0.717) is 11.7 Å². The second-order valence-electron chi connectivity index (χ2n) is 6.88. The molecule has 0 spiro atoms. The molecule has 7 heteroatoms. The minimum atomic E-state index is 0.341. The van der Waals surface area contributed by atoms with E-state index >= 15 is 0 Å². The molecule has 4 rings (SSSR count). The number of hydrogen-bond acceptors (Lipinski definition) is 7. The molecule has 0 unspecified atom stereocenters. The number of rotatable bonds is 5. The number of nitrogens with zero attached hydrogens (tertiary/aromatic N) is 6. The Morgan fingerprint density at radius 3 is 2.74 bits per heavy atom. The van der Waals surface area contributed by atoms with Gasteiger partial charge in [-0.2, -0.15) is 0 Å². The minimum Gasteiger partial charge on any atom is -0.322 e. The van der Waals surface area contributed by atoms with Gasteiger partial charge in [-0.3, -0.25) is 19.9 Å². The van der Waals surface area contributed by atoms with Crippen LogP contribution in [-0.2, 0) is 6.54 Å². The monoisotopic (exact) mass is 361 g/mol. The van der Waals surface area contributed by atoms with Crippen molar-refractivity contribution >= 4 is 11.6 Å². The first-order valence-corrected chi connectivity index (χ1v) is 9.25. The highest BCUT2D eigenvalue weighted by Crippen LogP contribution is 2.31. The van der Waals surface area contributed by atoms with Crippen LogP contribution in [0, 0.1) is 6.92 Å². The Bertz CT molecular complexity index is 884. The summed E-state index contributed by atoms with van der Waals surface area (Å²) in [6.45, 7) is 5.13. The second kappa shape index (κ2) is 8.18. The Hall–Kier alpha value is -2.93. The maximum absolute atomic E-state index is 4.65. The van der Waals surface area contributed by atoms with E-state index in [2.05, 4.69) is 48.1 Å². The maximum atomic E-state index is 4.65. The lowest BCUT2D eigenvalue weighted by atomic mass is 9.93. The minimum absolute atomic E-state index is 0.341. The van der Waals surface area contributed by atoms with Crippen LogP contribution in [0.4, 0.5) is 11.6 Å². The summed E-state index contributed by atoms with van der Waals surface area (Å²) in [6.07, 6.45) is 14.6. The van der Waals surface area contributed by atoms with E-state index in [4.69, 9.17) is 0 Å². The molecule has 4 heterocycles. The molecule has 138 valence electrons. The van der Waals surface area contributed by atoms with Gasteiger partial charge in [0.1, 0.15) is 5.82 Å². The Morgan fingerprint density at radius 2 is 1.89 bits per heavy atom. The van der Waals surface area contributed by atoms with Crippen LogP contribution in [0.3, 0.4) is 0 Å². The van der Waals surface area contributed by atoms with Crippen molar-refractivity contribution in [3.63, 3.8) is 0 Å². The molecule has 1 saturated heterocycles. The number of aryl methyl sites for hydroxylation is 1. The zero-order valence-electron chi connectivity index (χ0n) is 15.4. The Balaban J connectivity index is 1.51. The molecule has 1 N–H and O–H groups in total. The lowest BCUT2D eigenvalue weighted by Gasteiger charge is -2.33. The topological polar surface area (TPSA) is 79.7 Å². The van der Waals surface area contributed by atoms with Gasteiger partial charge in [0.25, 0.3) is 0 Å². The summed E-state index contributed by atoms with van der Waals surface area (Å²) in [5.74, 6) is 1.79. The highest BCUT2D eigenvalue weighted by atomic mass is 15.1. The van der Waals surface area contributed by atoms with Crippen LogP contribution in [0.1, 0.15) is 35.6 Å². The Morgan fingerprint density at radius 1 is 1.04 bits per heavy atom. The summed E-state index contributed by atoms with van der Waals surface area (Å²) in [5, 5.41) is 3.27. The Kier molecular flexibility index (Phi) is 5.29. The van der Waals surface area contributed by atoms with Crippen LogP contribution in [-0.4, -0.2) is 42.9 Å². The summed E-state index contributed by atoms with van der Waals surface area (Å²) in [5.41, 5.74) is 3.58. The predicted octanol–water partition coefficient (Wildman–Crippen LogP) is 3.09. The van der Waals surface area contributed by atoms with Gasteiger partial charge < -0.3 is 5.32 Å². The maximum Gasteiger partial charge on any atom is 0.153 e. The van der Waals surface area contributed by atoms with Gasteiger partial charge in [-0.1, -0.05) is 0 Å². The fourth-order valence-electron chi connectivity index (χ4n) is 3.57. The molecule has 0 amide bonds. The Labute approximate surface area is 159 Å². The van der Waals surface area contributed by atoms with Crippen LogP contribution in [0.2, 0.25) is 0 Å². The van der Waals surface area contributed by atoms with Gasteiger partial charge >= 0.3 is 0 Å². The third kappa shape index (κ3) is 4.25. The van der Waals surface area contributed by atoms with E-state index in [-0.39, 0.29) is 0 Å². The molecule has 3 aromatic rings. The van der Waals surface area contributed by atoms with Crippen LogP contribution >= 0.6 is 0 Å². The van der Waals surface area contributed by atoms with Gasteiger partial charge in [-0.15, -0.1) is 0 Å². The number of anilines is 2. The average Bonchev–Trinajstić information content (AvgIpc) is 2.71. The van der Waals surface area contributed by atoms with Crippen LogP contribution < -0.4 is 5.32 Å². The fourth-order valence-corrected chi connectivity index (χ4v) is 3.57. The second-order valence-corrected chi connectivity index (χ2v) is 6.88. The SMILES string of the molecule is Cc1cnccc1CN1CCC[C@H](c2nccnc2Nc2cnccn2)C1. The largest absolute Gasteiger partial charge is 0.322 e. The van der Waals surface area contributed by atoms with Crippen LogP contribution in [0.25, 0.3) is 0 Å². The van der Waals surface area contributed by atoms with Gasteiger partial charge in [-0.05, 0) is 43.5 Å². The van der Waals surface area contributed by atoms with Crippen molar-refractivity contribution < 1.29 is 0 Å². The van der Waals surface area contributed by atoms with E-state index in [9.17, 15) is 0 Å². The van der Waals surface area contributed by atoms with Crippen molar-refractivity contribution in [2.24, 2.45) is 0 Å². The molecule has 7 nitrogen and oxygen atoms in total. The normalized spacial score (nSPS) is 17.6. The lowest BCUT2D eigenvalue weighted by Crippen LogP contribution is -2.34. The molecular weight excluding hydrogens is 338 g/mol. The summed E-state index contributed by atoms with van der Waals surface area (Å²) >= 11 is 0. The number of hydrogen-bond donors (Lipinski definition) is 1. The van der Waals surface area contributed by atoms with E-state index in [1.807, 2.05) is 12.4 Å². The van der Waals surface area contributed by atoms with E-state index < -0.39 is 0 Å². The third-order valence-electron chi connectivity index (χ3n) is 4.96. The molecule has 0 saturated carbocycles. The number of pyridine rings is 1. The van der Waals surface area contributed by atoms with Gasteiger partial charge in [-0.25, -0.2) is 9.97 Å². The third-order valence-corrected chi connectivity index (χ3v) is 4.96. The van der Waals surface area contributed by atoms with Gasteiger partial charge in [0.05, 0.1) is 11.9 Å². The molecule has 0 aromatic carbocycles. The standard InChI is InChI=1S/C20H23N7/c1-15-11-21-5-4-16(15)13-27-10-2-3-17(14-27)19-20(25-9-8-24-19)26-18-12-22-6-7-23-18/h4-9,11-12,17H,2-3,10,13-14H2,1H3,(H,23,25,26)/t17-/m0/s1. The molecule has 0 aliphatic carbocycles. The molecule has 1 aliphatic heterocycles. The van der Waals surface area contributed by atoms with Crippen molar-refractivity contribution in [1.82, 2.24) is 29.8 Å². The van der Waals surface area contributed by atoms with Crippen molar-refractivity contribution in [1.29, 1.82) is 0 Å². The highest BCUT2D eigenvalue weighted by Gasteiger charge is 2.25. The van der Waals surface area contributed by atoms with E-state index in [1.165, 1.54) is 11.1 Å². The van der Waals surface area contributed by atoms with Crippen molar-refractivity contribution in [2.45, 2.75) is 32.2 Å². The van der Waals surface area contributed by atoms with Crippen LogP contribution in [0.15, 0.2) is 49.4 Å². The fraction of sp³-hybridized carbons (Fsp3) is 0.350. The van der Waals surface area contributed by atoms with E-state index in [0.717, 1.165) is 44.0 Å². The van der Waals surface area contributed by atoms with Gasteiger partial charge in [0.2, 0.25) is 0 Å². The quantitative estimate of drug-likeness (QED) is 0.748. The van der Waals surface area contributed by atoms with E-state index in [1.54, 1.807) is 31.0 Å². The zero-order valence-corrected chi connectivity index (χ0v) is 15.4. The highest BCUT2D eigenvalue weighted by molar-refractivity contribution is 5.53. The molecule has 27 heavy (non-hydrogen) atoms. The van der Waals surface area contributed by atoms with Gasteiger partial charge in [0, 0.05) is 56.2 Å². The zero-order chi connectivity index (χ0) is 18.5. The van der Waals surface area contributed by atoms with Crippen molar-refractivity contribution in [3.05, 3.63) is 66.3 Å². The first kappa shape index (κ1) is 17.5. The summed E-state index contributed by atoms with van der Waals surface area (Å²) in [4.78, 5) is 24.2. The summed E-state index contributed by atoms with van der Waals surface area (Å²) in [7, 11) is 0. The first-order chi connectivity index (χ1) is 13.3. The molecular formula is C20H23N7. The average molecular weight is 361 g/mol. The number of nitrogens with one attached hydrogen (secondary N) is 1. The first-order valence-electron chi connectivity index (χ1n) is 9.25. The summed E-state index contributed by atoms with van der Waals surface area (Å²) in [6, 6.07) is 2.11. The van der Waals surface area contributed by atoms with Crippen LogP contribution in [0.5, 0.6) is 0 Å². The number of piperidine rings is 1. The van der Waals surface area contributed by atoms with Crippen molar-refractivity contribution in [2.75, 3.05) is 18.4 Å². The molecule has 1 fully saturated rings. The summed E-state index contributed by atoms with van der Waals surface area (Å²) < 4.78 is 0. The molecule has 1 aliphatic rings. The smallest absolute Gasteiger partial charge is 0.153 e. The molecule has 3 aromatic heterocycles.